The molecule has 3 nitrogen and oxygen atoms in total. The first-order chi connectivity index (χ1) is 12.8. The lowest BCUT2D eigenvalue weighted by Gasteiger charge is -2.25. The van der Waals surface area contributed by atoms with E-state index in [9.17, 15) is 4.79 Å². The quantitative estimate of drug-likeness (QED) is 0.479. The molecule has 26 heavy (non-hydrogen) atoms. The lowest BCUT2D eigenvalue weighted by molar-refractivity contribution is 0.561. The molecule has 128 valence electrons. The zero-order valence-electron chi connectivity index (χ0n) is 14.3. The normalized spacial score (nSPS) is 10.8. The molecule has 4 rings (SSSR count). The van der Waals surface area contributed by atoms with Gasteiger partial charge in [0.2, 0.25) is 0 Å². The third-order valence-electron chi connectivity index (χ3n) is 4.40. The van der Waals surface area contributed by atoms with E-state index < -0.39 is 0 Å². The van der Waals surface area contributed by atoms with Gasteiger partial charge in [0.25, 0.3) is 0 Å². The largest absolute Gasteiger partial charge is 0.423 e. The summed E-state index contributed by atoms with van der Waals surface area (Å²) >= 11 is 0. The Labute approximate surface area is 152 Å². The minimum atomic E-state index is -0.327. The molecule has 0 N–H and O–H groups in total. The van der Waals surface area contributed by atoms with Gasteiger partial charge in [0.1, 0.15) is 5.58 Å². The van der Waals surface area contributed by atoms with Gasteiger partial charge >= 0.3 is 5.63 Å². The molecule has 0 aliphatic rings. The fourth-order valence-corrected chi connectivity index (χ4v) is 3.09. The van der Waals surface area contributed by atoms with E-state index in [0.29, 0.717) is 5.58 Å². The molecule has 0 amide bonds. The Hall–Kier alpha value is -3.33. The van der Waals surface area contributed by atoms with Crippen LogP contribution in [0.2, 0.25) is 0 Å². The van der Waals surface area contributed by atoms with Gasteiger partial charge in [-0.2, -0.15) is 0 Å². The highest BCUT2D eigenvalue weighted by Gasteiger charge is 2.10. The third kappa shape index (κ3) is 3.67. The molecule has 0 spiro atoms. The summed E-state index contributed by atoms with van der Waals surface area (Å²) in [6.07, 6.45) is 0. The third-order valence-corrected chi connectivity index (χ3v) is 4.40. The van der Waals surface area contributed by atoms with Gasteiger partial charge in [-0.1, -0.05) is 60.7 Å². The summed E-state index contributed by atoms with van der Waals surface area (Å²) in [6.45, 7) is 1.55. The molecule has 0 fully saturated rings. The average Bonchev–Trinajstić information content (AvgIpc) is 2.68. The molecule has 0 unspecified atom stereocenters. The molecule has 0 atom stereocenters. The van der Waals surface area contributed by atoms with E-state index in [1.165, 1.54) is 17.2 Å². The lowest BCUT2D eigenvalue weighted by Crippen LogP contribution is -2.22. The van der Waals surface area contributed by atoms with Crippen LogP contribution in [-0.2, 0) is 13.1 Å². The number of hydrogen-bond acceptors (Lipinski definition) is 3. The van der Waals surface area contributed by atoms with Gasteiger partial charge in [-0.15, -0.1) is 0 Å². The van der Waals surface area contributed by atoms with E-state index in [-0.39, 0.29) is 5.63 Å². The van der Waals surface area contributed by atoms with E-state index in [2.05, 4.69) is 59.5 Å². The highest BCUT2D eigenvalue weighted by atomic mass is 16.4. The van der Waals surface area contributed by atoms with Gasteiger partial charge < -0.3 is 9.32 Å². The summed E-state index contributed by atoms with van der Waals surface area (Å²) in [7, 11) is 0. The van der Waals surface area contributed by atoms with Crippen LogP contribution in [0.5, 0.6) is 0 Å². The zero-order chi connectivity index (χ0) is 17.8. The highest BCUT2D eigenvalue weighted by molar-refractivity contribution is 5.80. The van der Waals surface area contributed by atoms with Gasteiger partial charge in [0.15, 0.2) is 0 Å². The van der Waals surface area contributed by atoms with Crippen molar-refractivity contribution in [3.63, 3.8) is 0 Å². The summed E-state index contributed by atoms with van der Waals surface area (Å²) in [5, 5.41) is 0.924. The molecule has 0 saturated carbocycles. The SMILES string of the molecule is O=c1ccc2ccc(N(Cc3ccccc3)Cc3ccccc3)cc2o1. The molecule has 0 bridgehead atoms. The summed E-state index contributed by atoms with van der Waals surface area (Å²) in [5.41, 5.74) is 3.78. The lowest BCUT2D eigenvalue weighted by atomic mass is 10.1. The van der Waals surface area contributed by atoms with Crippen molar-refractivity contribution in [2.75, 3.05) is 4.90 Å². The molecule has 3 aromatic carbocycles. The standard InChI is InChI=1S/C23H19NO2/c25-23-14-12-20-11-13-21(15-22(20)26-23)24(16-18-7-3-1-4-8-18)17-19-9-5-2-6-10-19/h1-15H,16-17H2. The van der Waals surface area contributed by atoms with Crippen molar-refractivity contribution in [1.29, 1.82) is 0 Å². The maximum Gasteiger partial charge on any atom is 0.336 e. The molecule has 0 aliphatic heterocycles. The molecule has 1 heterocycles. The van der Waals surface area contributed by atoms with Crippen LogP contribution in [0.4, 0.5) is 5.69 Å². The van der Waals surface area contributed by atoms with Gasteiger partial charge in [0.05, 0.1) is 0 Å². The fourth-order valence-electron chi connectivity index (χ4n) is 3.09. The smallest absolute Gasteiger partial charge is 0.336 e. The van der Waals surface area contributed by atoms with Crippen molar-refractivity contribution in [2.24, 2.45) is 0 Å². The van der Waals surface area contributed by atoms with Crippen LogP contribution in [0.15, 0.2) is 100 Å². The van der Waals surface area contributed by atoms with E-state index in [0.717, 1.165) is 24.2 Å². The summed E-state index contributed by atoms with van der Waals surface area (Å²) in [4.78, 5) is 13.9. The molecular weight excluding hydrogens is 322 g/mol. The number of nitrogens with zero attached hydrogens (tertiary/aromatic N) is 1. The zero-order valence-corrected chi connectivity index (χ0v) is 14.3. The van der Waals surface area contributed by atoms with Crippen molar-refractivity contribution in [2.45, 2.75) is 13.1 Å². The van der Waals surface area contributed by atoms with Crippen LogP contribution in [0.1, 0.15) is 11.1 Å². The van der Waals surface area contributed by atoms with Crippen molar-refractivity contribution in [3.05, 3.63) is 113 Å². The second kappa shape index (κ2) is 7.28. The molecule has 0 radical (unpaired) electrons. The van der Waals surface area contributed by atoms with Crippen LogP contribution in [0.3, 0.4) is 0 Å². The predicted molar refractivity (Wildman–Crippen MR) is 105 cm³/mol. The highest BCUT2D eigenvalue weighted by Crippen LogP contribution is 2.24. The maximum atomic E-state index is 11.6. The van der Waals surface area contributed by atoms with Gasteiger partial charge in [0, 0.05) is 36.3 Å². The summed E-state index contributed by atoms with van der Waals surface area (Å²) in [6, 6.07) is 30.0. The first-order valence-corrected chi connectivity index (χ1v) is 8.65. The Balaban J connectivity index is 1.72. The first-order valence-electron chi connectivity index (χ1n) is 8.65. The van der Waals surface area contributed by atoms with E-state index in [4.69, 9.17) is 4.42 Å². The Kier molecular flexibility index (Phi) is 4.52. The Morgan fingerprint density at radius 2 is 1.27 bits per heavy atom. The van der Waals surface area contributed by atoms with E-state index in [1.54, 1.807) is 6.07 Å². The van der Waals surface area contributed by atoms with Crippen LogP contribution < -0.4 is 10.5 Å². The van der Waals surface area contributed by atoms with Crippen LogP contribution >= 0.6 is 0 Å². The number of benzene rings is 3. The van der Waals surface area contributed by atoms with Gasteiger partial charge in [-0.3, -0.25) is 0 Å². The predicted octanol–water partition coefficient (Wildman–Crippen LogP) is 5.00. The topological polar surface area (TPSA) is 33.5 Å². The second-order valence-electron chi connectivity index (χ2n) is 6.30. The minimum absolute atomic E-state index is 0.327. The number of rotatable bonds is 5. The molecule has 4 aromatic rings. The maximum absolute atomic E-state index is 11.6. The van der Waals surface area contributed by atoms with Crippen LogP contribution in [0.25, 0.3) is 11.0 Å². The van der Waals surface area contributed by atoms with Gasteiger partial charge in [-0.25, -0.2) is 4.79 Å². The van der Waals surface area contributed by atoms with Crippen molar-refractivity contribution >= 4 is 16.7 Å². The summed E-state index contributed by atoms with van der Waals surface area (Å²) < 4.78 is 5.37. The molecule has 0 aliphatic carbocycles. The van der Waals surface area contributed by atoms with Crippen LogP contribution in [0, 0.1) is 0 Å². The number of fused-ring (bicyclic) bond motifs is 1. The minimum Gasteiger partial charge on any atom is -0.423 e. The van der Waals surface area contributed by atoms with E-state index in [1.807, 2.05) is 24.3 Å². The van der Waals surface area contributed by atoms with Crippen molar-refractivity contribution in [3.8, 4) is 0 Å². The van der Waals surface area contributed by atoms with Crippen molar-refractivity contribution in [1.82, 2.24) is 0 Å². The van der Waals surface area contributed by atoms with Crippen LogP contribution in [-0.4, -0.2) is 0 Å². The number of anilines is 1. The second-order valence-corrected chi connectivity index (χ2v) is 6.30. The fraction of sp³-hybridized carbons (Fsp3) is 0.0870. The molecule has 3 heteroatoms. The van der Waals surface area contributed by atoms with Crippen molar-refractivity contribution < 1.29 is 4.42 Å². The summed E-state index contributed by atoms with van der Waals surface area (Å²) in [5.74, 6) is 0. The Morgan fingerprint density at radius 1 is 0.692 bits per heavy atom. The first kappa shape index (κ1) is 16.2. The number of hydrogen-bond donors (Lipinski definition) is 0. The van der Waals surface area contributed by atoms with Gasteiger partial charge in [-0.05, 0) is 29.3 Å². The average molecular weight is 341 g/mol. The molecule has 0 saturated heterocycles. The molecule has 1 aromatic heterocycles. The molecular formula is C23H19NO2. The van der Waals surface area contributed by atoms with E-state index >= 15 is 0 Å². The monoisotopic (exact) mass is 341 g/mol. The Morgan fingerprint density at radius 3 is 1.88 bits per heavy atom. The Bertz CT molecular complexity index is 1010.